The molecule has 0 radical (unpaired) electrons. The molecule has 1 aromatic rings. The quantitative estimate of drug-likeness (QED) is 0.416. The van der Waals surface area contributed by atoms with E-state index in [1.54, 1.807) is 23.1 Å². The van der Waals surface area contributed by atoms with Crippen LogP contribution in [0.3, 0.4) is 0 Å². The second-order valence-electron chi connectivity index (χ2n) is 8.49. The smallest absolute Gasteiger partial charge is 0.246 e. The van der Waals surface area contributed by atoms with Crippen molar-refractivity contribution in [1.82, 2.24) is 14.7 Å². The van der Waals surface area contributed by atoms with E-state index in [9.17, 15) is 9.59 Å². The molecule has 2 heterocycles. The van der Waals surface area contributed by atoms with Gasteiger partial charge in [0.2, 0.25) is 11.8 Å². The van der Waals surface area contributed by atoms with Crippen molar-refractivity contribution in [2.24, 2.45) is 0 Å². The van der Waals surface area contributed by atoms with Crippen LogP contribution in [0.2, 0.25) is 10.0 Å². The molecule has 2 aliphatic rings. The Kier molecular flexibility index (Phi) is 9.85. The van der Waals surface area contributed by atoms with Crippen LogP contribution in [0.1, 0.15) is 37.7 Å². The van der Waals surface area contributed by atoms with Gasteiger partial charge in [-0.2, -0.15) is 0 Å². The molecule has 3 rings (SSSR count). The first kappa shape index (κ1) is 25.0. The maximum Gasteiger partial charge on any atom is 0.246 e. The molecule has 6 nitrogen and oxygen atoms in total. The van der Waals surface area contributed by atoms with Gasteiger partial charge in [-0.05, 0) is 63.0 Å². The van der Waals surface area contributed by atoms with E-state index in [0.717, 1.165) is 57.6 Å². The van der Waals surface area contributed by atoms with Crippen LogP contribution < -0.4 is 0 Å². The number of halogens is 2. The molecule has 0 aliphatic carbocycles. The Hall–Kier alpha value is -1.60. The Morgan fingerprint density at radius 3 is 2.69 bits per heavy atom. The summed E-state index contributed by atoms with van der Waals surface area (Å²) in [6.45, 7) is 5.09. The molecule has 0 N–H and O–H groups in total. The molecular formula is C24H33Cl2N3O3. The lowest BCUT2D eigenvalue weighted by atomic mass is 10.1. The first-order valence-corrected chi connectivity index (χ1v) is 12.2. The van der Waals surface area contributed by atoms with E-state index in [1.165, 1.54) is 6.08 Å². The molecule has 1 aromatic carbocycles. The molecule has 2 aliphatic heterocycles. The number of ether oxygens (including phenoxy) is 1. The average Bonchev–Trinajstić information content (AvgIpc) is 2.99. The van der Waals surface area contributed by atoms with E-state index in [2.05, 4.69) is 11.9 Å². The molecule has 8 heteroatoms. The maximum atomic E-state index is 12.6. The summed E-state index contributed by atoms with van der Waals surface area (Å²) >= 11 is 12.0. The van der Waals surface area contributed by atoms with E-state index in [4.69, 9.17) is 27.9 Å². The summed E-state index contributed by atoms with van der Waals surface area (Å²) < 4.78 is 5.44. The Morgan fingerprint density at radius 1 is 1.16 bits per heavy atom. The van der Waals surface area contributed by atoms with Crippen LogP contribution in [-0.2, 0) is 14.3 Å². The highest BCUT2D eigenvalue weighted by Crippen LogP contribution is 2.23. The molecule has 2 fully saturated rings. The number of rotatable bonds is 8. The zero-order chi connectivity index (χ0) is 22.9. The predicted octanol–water partition coefficient (Wildman–Crippen LogP) is 3.96. The van der Waals surface area contributed by atoms with E-state index < -0.39 is 0 Å². The molecule has 2 saturated heterocycles. The van der Waals surface area contributed by atoms with Crippen molar-refractivity contribution >= 4 is 41.1 Å². The van der Waals surface area contributed by atoms with Crippen molar-refractivity contribution in [2.45, 2.75) is 38.1 Å². The fourth-order valence-electron chi connectivity index (χ4n) is 4.18. The van der Waals surface area contributed by atoms with Crippen LogP contribution in [0.5, 0.6) is 0 Å². The summed E-state index contributed by atoms with van der Waals surface area (Å²) in [6.07, 6.45) is 7.87. The van der Waals surface area contributed by atoms with E-state index in [1.807, 2.05) is 11.0 Å². The van der Waals surface area contributed by atoms with E-state index in [-0.39, 0.29) is 11.8 Å². The first-order chi connectivity index (χ1) is 15.4. The fourth-order valence-corrected chi connectivity index (χ4v) is 4.49. The molecule has 0 unspecified atom stereocenters. The number of unbranched alkanes of at least 4 members (excludes halogenated alkanes) is 1. The highest BCUT2D eigenvalue weighted by atomic mass is 35.5. The maximum absolute atomic E-state index is 12.6. The molecule has 0 spiro atoms. The van der Waals surface area contributed by atoms with Gasteiger partial charge in [0, 0.05) is 57.9 Å². The van der Waals surface area contributed by atoms with Crippen LogP contribution in [0, 0.1) is 0 Å². The van der Waals surface area contributed by atoms with Gasteiger partial charge in [0.05, 0.1) is 10.0 Å². The van der Waals surface area contributed by atoms with Crippen LogP contribution in [0.25, 0.3) is 6.08 Å². The van der Waals surface area contributed by atoms with Crippen molar-refractivity contribution in [1.29, 1.82) is 0 Å². The molecule has 2 amide bonds. The highest BCUT2D eigenvalue weighted by Gasteiger charge is 2.23. The third-order valence-corrected chi connectivity index (χ3v) is 7.00. The van der Waals surface area contributed by atoms with Gasteiger partial charge in [0.15, 0.2) is 0 Å². The fraction of sp³-hybridized carbons (Fsp3) is 0.583. The Balaban J connectivity index is 1.41. The molecule has 176 valence electrons. The lowest BCUT2D eigenvalue weighted by Crippen LogP contribution is -2.38. The third-order valence-electron chi connectivity index (χ3n) is 6.26. The second-order valence-corrected chi connectivity index (χ2v) is 9.31. The summed E-state index contributed by atoms with van der Waals surface area (Å²) in [4.78, 5) is 31.2. The number of nitrogens with zero attached hydrogens (tertiary/aromatic N) is 3. The van der Waals surface area contributed by atoms with E-state index >= 15 is 0 Å². The number of amides is 2. The van der Waals surface area contributed by atoms with Crippen LogP contribution in [0.15, 0.2) is 24.3 Å². The standard InChI is InChI=1S/C24H33Cl2N3O3/c1-27(20-9-16-32-17-10-20)11-2-3-12-28-14-15-29(13-8-24(28)31)23(30)7-5-19-4-6-21(25)22(26)18-19/h4-7,18,20H,2-3,8-17H2,1H3. The number of carbonyl (C=O) groups is 2. The molecule has 32 heavy (non-hydrogen) atoms. The molecule has 0 bridgehead atoms. The van der Waals surface area contributed by atoms with Gasteiger partial charge in [0.1, 0.15) is 0 Å². The normalized spacial score (nSPS) is 18.6. The Labute approximate surface area is 201 Å². The van der Waals surface area contributed by atoms with Crippen LogP contribution in [0.4, 0.5) is 0 Å². The van der Waals surface area contributed by atoms with Crippen LogP contribution >= 0.6 is 23.2 Å². The van der Waals surface area contributed by atoms with Crippen molar-refractivity contribution in [3.05, 3.63) is 39.9 Å². The van der Waals surface area contributed by atoms with Crippen molar-refractivity contribution in [3.8, 4) is 0 Å². The van der Waals surface area contributed by atoms with Gasteiger partial charge in [0.25, 0.3) is 0 Å². The van der Waals surface area contributed by atoms with Gasteiger partial charge in [-0.15, -0.1) is 0 Å². The SMILES string of the molecule is CN(CCCCN1CCN(C(=O)C=Cc2ccc(Cl)c(Cl)c2)CCC1=O)C1CCOCC1. The van der Waals surface area contributed by atoms with E-state index in [0.29, 0.717) is 42.1 Å². The van der Waals surface area contributed by atoms with Crippen LogP contribution in [-0.4, -0.2) is 85.5 Å². The van der Waals surface area contributed by atoms with Crippen molar-refractivity contribution in [3.63, 3.8) is 0 Å². The van der Waals surface area contributed by atoms with Gasteiger partial charge in [-0.1, -0.05) is 29.3 Å². The molecular weight excluding hydrogens is 449 g/mol. The lowest BCUT2D eigenvalue weighted by Gasteiger charge is -2.31. The lowest BCUT2D eigenvalue weighted by molar-refractivity contribution is -0.130. The zero-order valence-electron chi connectivity index (χ0n) is 18.8. The molecule has 0 aromatic heterocycles. The topological polar surface area (TPSA) is 53.1 Å². The number of hydrogen-bond donors (Lipinski definition) is 0. The summed E-state index contributed by atoms with van der Waals surface area (Å²) in [5.74, 6) is 0.0374. The van der Waals surface area contributed by atoms with Crippen molar-refractivity contribution < 1.29 is 14.3 Å². The number of hydrogen-bond acceptors (Lipinski definition) is 4. The second kappa shape index (κ2) is 12.6. The van der Waals surface area contributed by atoms with Gasteiger partial charge in [-0.25, -0.2) is 0 Å². The average molecular weight is 482 g/mol. The summed E-state index contributed by atoms with van der Waals surface area (Å²) in [5, 5.41) is 0.938. The third kappa shape index (κ3) is 7.48. The largest absolute Gasteiger partial charge is 0.381 e. The summed E-state index contributed by atoms with van der Waals surface area (Å²) in [6, 6.07) is 5.85. The molecule has 0 saturated carbocycles. The van der Waals surface area contributed by atoms with Gasteiger partial charge < -0.3 is 19.4 Å². The minimum absolute atomic E-state index is 0.0937. The summed E-state index contributed by atoms with van der Waals surface area (Å²) in [7, 11) is 2.18. The monoisotopic (exact) mass is 481 g/mol. The predicted molar refractivity (Wildman–Crippen MR) is 129 cm³/mol. The Morgan fingerprint density at radius 2 is 1.94 bits per heavy atom. The minimum atomic E-state index is -0.0937. The minimum Gasteiger partial charge on any atom is -0.381 e. The molecule has 0 atom stereocenters. The number of benzene rings is 1. The summed E-state index contributed by atoms with van der Waals surface area (Å²) in [5.41, 5.74) is 0.811. The van der Waals surface area contributed by atoms with Crippen molar-refractivity contribution in [2.75, 3.05) is 53.0 Å². The Bertz CT molecular complexity index is 812. The van der Waals surface area contributed by atoms with Gasteiger partial charge in [-0.3, -0.25) is 9.59 Å². The zero-order valence-corrected chi connectivity index (χ0v) is 20.3. The highest BCUT2D eigenvalue weighted by molar-refractivity contribution is 6.42. The number of carbonyl (C=O) groups excluding carboxylic acids is 2. The van der Waals surface area contributed by atoms with Gasteiger partial charge >= 0.3 is 0 Å². The first-order valence-electron chi connectivity index (χ1n) is 11.4.